The molecule has 7 aromatic rings. The molecule has 0 aromatic heterocycles. The minimum Gasteiger partial charge on any atom is -0.456 e. The Morgan fingerprint density at radius 3 is 1.98 bits per heavy atom. The molecule has 10 rings (SSSR count). The normalized spacial score (nSPS) is 16.9. The zero-order valence-corrected chi connectivity index (χ0v) is 24.6. The van der Waals surface area contributed by atoms with Crippen LogP contribution in [-0.4, -0.2) is 0 Å². The van der Waals surface area contributed by atoms with Gasteiger partial charge >= 0.3 is 0 Å². The molecular formula is C44H28O. The second-order valence-corrected chi connectivity index (χ2v) is 12.4. The second-order valence-electron chi connectivity index (χ2n) is 12.4. The quantitative estimate of drug-likeness (QED) is 0.205. The van der Waals surface area contributed by atoms with E-state index < -0.39 is 0 Å². The molecule has 1 heterocycles. The summed E-state index contributed by atoms with van der Waals surface area (Å²) in [6.07, 6.45) is 9.13. The summed E-state index contributed by atoms with van der Waals surface area (Å²) in [5.41, 5.74) is 12.6. The van der Waals surface area contributed by atoms with E-state index in [0.717, 1.165) is 17.1 Å². The van der Waals surface area contributed by atoms with E-state index in [-0.39, 0.29) is 0 Å². The Hall–Kier alpha value is -5.66. The van der Waals surface area contributed by atoms with E-state index in [1.54, 1.807) is 0 Å². The Bertz CT molecular complexity index is 2380. The lowest BCUT2D eigenvalue weighted by Crippen LogP contribution is -2.01. The van der Waals surface area contributed by atoms with E-state index in [0.29, 0.717) is 11.8 Å². The number of hydrogen-bond donors (Lipinski definition) is 0. The van der Waals surface area contributed by atoms with Crippen LogP contribution in [-0.2, 0) is 0 Å². The number of fused-ring (bicyclic) bond motifs is 5. The molecule has 0 fully saturated rings. The fourth-order valence-corrected chi connectivity index (χ4v) is 7.96. The summed E-state index contributed by atoms with van der Waals surface area (Å²) < 4.78 is 6.43. The van der Waals surface area contributed by atoms with E-state index in [1.165, 1.54) is 71.6 Å². The van der Waals surface area contributed by atoms with Crippen molar-refractivity contribution in [2.45, 2.75) is 11.8 Å². The predicted octanol–water partition coefficient (Wildman–Crippen LogP) is 12.1. The molecule has 210 valence electrons. The van der Waals surface area contributed by atoms with Gasteiger partial charge in [0.25, 0.3) is 0 Å². The predicted molar refractivity (Wildman–Crippen MR) is 187 cm³/mol. The highest BCUT2D eigenvalue weighted by atomic mass is 16.5. The Labute approximate surface area is 262 Å². The first-order chi connectivity index (χ1) is 22.3. The summed E-state index contributed by atoms with van der Waals surface area (Å²) in [5, 5.41) is 5.14. The molecule has 0 radical (unpaired) electrons. The molecule has 0 amide bonds. The molecule has 0 saturated carbocycles. The number of allylic oxidation sites excluding steroid dienone is 4. The molecule has 0 bridgehead atoms. The molecule has 0 N–H and O–H groups in total. The standard InChI is InChI=1S/C44H28O/c1-2-9-27(10-3-1)30-23-31(29-19-22-41-40(26-29)38-15-6-11-28-12-7-18-42(45-41)43(28)38)25-32(24-30)33-20-21-39-35-14-5-4-13-34(35)37-17-8-16-36(33)44(37)39/h1-26,34-35H. The minimum absolute atomic E-state index is 0.419. The third-order valence-corrected chi connectivity index (χ3v) is 10.00. The van der Waals surface area contributed by atoms with Gasteiger partial charge in [0.2, 0.25) is 0 Å². The van der Waals surface area contributed by atoms with Crippen molar-refractivity contribution in [1.29, 1.82) is 0 Å². The Morgan fingerprint density at radius 2 is 1.13 bits per heavy atom. The van der Waals surface area contributed by atoms with E-state index in [9.17, 15) is 0 Å². The molecule has 1 aliphatic heterocycles. The molecule has 0 spiro atoms. The van der Waals surface area contributed by atoms with Gasteiger partial charge < -0.3 is 4.74 Å². The van der Waals surface area contributed by atoms with Gasteiger partial charge in [-0.2, -0.15) is 0 Å². The van der Waals surface area contributed by atoms with Crippen LogP contribution in [0.4, 0.5) is 0 Å². The Kier molecular flexibility index (Phi) is 5.18. The van der Waals surface area contributed by atoms with E-state index in [4.69, 9.17) is 4.74 Å². The maximum Gasteiger partial charge on any atom is 0.135 e. The van der Waals surface area contributed by atoms with Gasteiger partial charge in [0.15, 0.2) is 0 Å². The topological polar surface area (TPSA) is 9.23 Å². The van der Waals surface area contributed by atoms with Gasteiger partial charge in [0.05, 0.1) is 0 Å². The summed E-state index contributed by atoms with van der Waals surface area (Å²) in [6.45, 7) is 0. The van der Waals surface area contributed by atoms with Gasteiger partial charge in [-0.3, -0.25) is 0 Å². The SMILES string of the molecule is C1=CC2c3cccc4c(-c5cc(-c6ccccc6)cc(-c6ccc7c(c6)-c6cccc8cccc(c68)O7)c5)ccc(c34)C2C=C1. The number of ether oxygens (including phenoxy) is 1. The Morgan fingerprint density at radius 1 is 0.400 bits per heavy atom. The zero-order valence-electron chi connectivity index (χ0n) is 24.6. The van der Waals surface area contributed by atoms with Gasteiger partial charge in [-0.15, -0.1) is 0 Å². The lowest BCUT2D eigenvalue weighted by molar-refractivity contribution is 0.487. The molecule has 1 nitrogen and oxygen atoms in total. The van der Waals surface area contributed by atoms with Gasteiger partial charge in [-0.1, -0.05) is 121 Å². The van der Waals surface area contributed by atoms with Crippen molar-refractivity contribution in [3.8, 4) is 56.0 Å². The highest BCUT2D eigenvalue weighted by Gasteiger charge is 2.32. The largest absolute Gasteiger partial charge is 0.456 e. The number of hydrogen-bond acceptors (Lipinski definition) is 1. The third kappa shape index (κ3) is 3.68. The first-order valence-corrected chi connectivity index (χ1v) is 15.8. The smallest absolute Gasteiger partial charge is 0.135 e. The lowest BCUT2D eigenvalue weighted by atomic mass is 9.86. The van der Waals surface area contributed by atoms with Crippen LogP contribution >= 0.6 is 0 Å². The van der Waals surface area contributed by atoms with Crippen LogP contribution in [0, 0.1) is 0 Å². The summed E-state index contributed by atoms with van der Waals surface area (Å²) in [6, 6.07) is 48.9. The summed E-state index contributed by atoms with van der Waals surface area (Å²) in [4.78, 5) is 0. The van der Waals surface area contributed by atoms with Crippen molar-refractivity contribution in [3.05, 3.63) is 169 Å². The molecule has 45 heavy (non-hydrogen) atoms. The third-order valence-electron chi connectivity index (χ3n) is 10.00. The van der Waals surface area contributed by atoms with Gasteiger partial charge in [-0.25, -0.2) is 0 Å². The summed E-state index contributed by atoms with van der Waals surface area (Å²) in [7, 11) is 0. The van der Waals surface area contributed by atoms with E-state index >= 15 is 0 Å². The molecule has 7 aromatic carbocycles. The number of rotatable bonds is 3. The minimum atomic E-state index is 0.419. The van der Waals surface area contributed by atoms with Crippen molar-refractivity contribution >= 4 is 21.5 Å². The highest BCUT2D eigenvalue weighted by Crippen LogP contribution is 2.52. The van der Waals surface area contributed by atoms with Crippen LogP contribution in [0.15, 0.2) is 158 Å². The fraction of sp³-hybridized carbons (Fsp3) is 0.0455. The molecule has 2 atom stereocenters. The molecule has 2 aliphatic carbocycles. The van der Waals surface area contributed by atoms with Crippen molar-refractivity contribution in [2.24, 2.45) is 0 Å². The molecule has 1 heteroatoms. The highest BCUT2D eigenvalue weighted by molar-refractivity contribution is 6.06. The van der Waals surface area contributed by atoms with Crippen LogP contribution in [0.5, 0.6) is 11.5 Å². The van der Waals surface area contributed by atoms with E-state index in [1.807, 2.05) is 0 Å². The summed E-state index contributed by atoms with van der Waals surface area (Å²) >= 11 is 0. The van der Waals surface area contributed by atoms with Crippen LogP contribution in [0.2, 0.25) is 0 Å². The van der Waals surface area contributed by atoms with Gasteiger partial charge in [0.1, 0.15) is 11.5 Å². The van der Waals surface area contributed by atoms with Crippen molar-refractivity contribution in [1.82, 2.24) is 0 Å². The molecule has 0 saturated heterocycles. The average molecular weight is 573 g/mol. The zero-order chi connectivity index (χ0) is 29.5. The van der Waals surface area contributed by atoms with E-state index in [2.05, 4.69) is 158 Å². The number of benzene rings is 7. The maximum absolute atomic E-state index is 6.43. The first-order valence-electron chi connectivity index (χ1n) is 15.8. The Balaban J connectivity index is 1.19. The van der Waals surface area contributed by atoms with Crippen molar-refractivity contribution in [2.75, 3.05) is 0 Å². The van der Waals surface area contributed by atoms with Crippen LogP contribution in [0.25, 0.3) is 66.1 Å². The summed E-state index contributed by atoms with van der Waals surface area (Å²) in [5.74, 6) is 2.67. The first kappa shape index (κ1) is 24.7. The van der Waals surface area contributed by atoms with Crippen LogP contribution in [0.1, 0.15) is 23.0 Å². The monoisotopic (exact) mass is 572 g/mol. The lowest BCUT2D eigenvalue weighted by Gasteiger charge is -2.22. The van der Waals surface area contributed by atoms with Crippen molar-refractivity contribution in [3.63, 3.8) is 0 Å². The second kappa shape index (κ2) is 9.42. The van der Waals surface area contributed by atoms with Gasteiger partial charge in [0, 0.05) is 22.8 Å². The molecular weight excluding hydrogens is 544 g/mol. The average Bonchev–Trinajstić information content (AvgIpc) is 3.44. The van der Waals surface area contributed by atoms with Crippen LogP contribution in [0.3, 0.4) is 0 Å². The van der Waals surface area contributed by atoms with Crippen LogP contribution < -0.4 is 4.74 Å². The molecule has 3 aliphatic rings. The molecule has 2 unspecified atom stereocenters. The fourth-order valence-electron chi connectivity index (χ4n) is 7.96. The maximum atomic E-state index is 6.43. The van der Waals surface area contributed by atoms with Gasteiger partial charge in [-0.05, 0) is 103 Å². The van der Waals surface area contributed by atoms with Crippen molar-refractivity contribution < 1.29 is 4.74 Å².